The summed E-state index contributed by atoms with van der Waals surface area (Å²) in [5.41, 5.74) is 1.16. The molecule has 7 nitrogen and oxygen atoms in total. The summed E-state index contributed by atoms with van der Waals surface area (Å²) in [5, 5.41) is 0.249. The van der Waals surface area contributed by atoms with Crippen LogP contribution in [-0.4, -0.2) is 50.4 Å². The van der Waals surface area contributed by atoms with E-state index in [4.69, 9.17) is 30.5 Å². The molecule has 0 bridgehead atoms. The van der Waals surface area contributed by atoms with Crippen LogP contribution in [0.2, 0.25) is 5.02 Å². The van der Waals surface area contributed by atoms with Crippen LogP contribution >= 0.6 is 11.6 Å². The number of carbonyl (C=O) groups excluding carboxylic acids is 2. The molecule has 0 aliphatic carbocycles. The van der Waals surface area contributed by atoms with Crippen molar-refractivity contribution in [1.29, 1.82) is 0 Å². The van der Waals surface area contributed by atoms with Gasteiger partial charge in [0.2, 0.25) is 6.79 Å². The lowest BCUT2D eigenvalue weighted by Crippen LogP contribution is -2.36. The summed E-state index contributed by atoms with van der Waals surface area (Å²) in [6.45, 7) is 0.819. The Kier molecular flexibility index (Phi) is 6.73. The van der Waals surface area contributed by atoms with Crippen LogP contribution in [0.3, 0.4) is 0 Å². The number of methoxy groups -OCH3 is 1. The molecule has 1 heterocycles. The Morgan fingerprint density at radius 1 is 1.18 bits per heavy atom. The average Bonchev–Trinajstić information content (AvgIpc) is 3.19. The van der Waals surface area contributed by atoms with Crippen molar-refractivity contribution < 1.29 is 28.5 Å². The number of halogens is 1. The first-order chi connectivity index (χ1) is 13.6. The fourth-order valence-electron chi connectivity index (χ4n) is 2.68. The predicted molar refractivity (Wildman–Crippen MR) is 102 cm³/mol. The lowest BCUT2D eigenvalue weighted by Gasteiger charge is -2.22. The molecule has 0 aromatic heterocycles. The van der Waals surface area contributed by atoms with Crippen molar-refractivity contribution in [2.75, 3.05) is 33.7 Å². The minimum atomic E-state index is -0.667. The van der Waals surface area contributed by atoms with Gasteiger partial charge in [0.1, 0.15) is 0 Å². The number of nitrogens with zero attached hydrogens (tertiary/aromatic N) is 1. The van der Waals surface area contributed by atoms with E-state index in [9.17, 15) is 9.59 Å². The van der Waals surface area contributed by atoms with Crippen molar-refractivity contribution in [3.8, 4) is 11.5 Å². The molecule has 8 heteroatoms. The third-order valence-electron chi connectivity index (χ3n) is 4.12. The first-order valence-electron chi connectivity index (χ1n) is 8.65. The number of hydrogen-bond acceptors (Lipinski definition) is 6. The van der Waals surface area contributed by atoms with Crippen molar-refractivity contribution in [2.24, 2.45) is 0 Å². The number of rotatable bonds is 8. The molecular formula is C20H20ClNO6. The number of esters is 1. The Hall–Kier alpha value is -2.77. The topological polar surface area (TPSA) is 74.3 Å². The molecule has 0 saturated heterocycles. The number of fused-ring (bicyclic) bond motifs is 1. The van der Waals surface area contributed by atoms with E-state index in [2.05, 4.69) is 0 Å². The van der Waals surface area contributed by atoms with E-state index in [0.29, 0.717) is 31.2 Å². The maximum Gasteiger partial charge on any atom is 0.338 e. The Balaban J connectivity index is 1.61. The predicted octanol–water partition coefficient (Wildman–Crippen LogP) is 2.90. The van der Waals surface area contributed by atoms with Crippen molar-refractivity contribution in [3.63, 3.8) is 0 Å². The van der Waals surface area contributed by atoms with Gasteiger partial charge in [-0.25, -0.2) is 4.79 Å². The van der Waals surface area contributed by atoms with Crippen molar-refractivity contribution in [2.45, 2.75) is 6.54 Å². The van der Waals surface area contributed by atoms with Crippen LogP contribution in [0, 0.1) is 0 Å². The molecule has 0 atom stereocenters. The molecule has 0 saturated carbocycles. The summed E-state index contributed by atoms with van der Waals surface area (Å²) in [4.78, 5) is 26.5. The van der Waals surface area contributed by atoms with Gasteiger partial charge in [-0.1, -0.05) is 41.9 Å². The third-order valence-corrected chi connectivity index (χ3v) is 4.40. The molecule has 1 aliphatic heterocycles. The Morgan fingerprint density at radius 2 is 1.96 bits per heavy atom. The number of ether oxygens (including phenoxy) is 4. The van der Waals surface area contributed by atoms with Crippen LogP contribution < -0.4 is 9.47 Å². The number of benzene rings is 2. The molecule has 148 valence electrons. The zero-order chi connectivity index (χ0) is 19.9. The Morgan fingerprint density at radius 3 is 2.71 bits per heavy atom. The van der Waals surface area contributed by atoms with Gasteiger partial charge in [-0.2, -0.15) is 0 Å². The van der Waals surface area contributed by atoms with Crippen LogP contribution in [0.1, 0.15) is 15.9 Å². The smallest absolute Gasteiger partial charge is 0.338 e. The van der Waals surface area contributed by atoms with Gasteiger partial charge in [-0.05, 0) is 17.7 Å². The summed E-state index contributed by atoms with van der Waals surface area (Å²) < 4.78 is 20.7. The van der Waals surface area contributed by atoms with Crippen molar-refractivity contribution >= 4 is 23.5 Å². The maximum atomic E-state index is 12.6. The van der Waals surface area contributed by atoms with E-state index in [-0.39, 0.29) is 29.9 Å². The second-order valence-electron chi connectivity index (χ2n) is 6.06. The molecule has 0 spiro atoms. The molecular weight excluding hydrogens is 386 g/mol. The van der Waals surface area contributed by atoms with Crippen LogP contribution in [0.4, 0.5) is 0 Å². The van der Waals surface area contributed by atoms with Crippen LogP contribution in [0.5, 0.6) is 11.5 Å². The molecule has 2 aromatic rings. The lowest BCUT2D eigenvalue weighted by molar-refractivity contribution is -0.135. The summed E-state index contributed by atoms with van der Waals surface area (Å²) in [6, 6.07) is 12.5. The van der Waals surface area contributed by atoms with E-state index in [1.807, 2.05) is 30.3 Å². The van der Waals surface area contributed by atoms with Crippen LogP contribution in [0.15, 0.2) is 42.5 Å². The van der Waals surface area contributed by atoms with E-state index < -0.39 is 5.97 Å². The Bertz CT molecular complexity index is 842. The van der Waals surface area contributed by atoms with E-state index in [1.54, 1.807) is 12.0 Å². The zero-order valence-electron chi connectivity index (χ0n) is 15.4. The largest absolute Gasteiger partial charge is 0.454 e. The van der Waals surface area contributed by atoms with Crippen molar-refractivity contribution in [3.05, 3.63) is 58.6 Å². The Labute approximate surface area is 167 Å². The molecule has 2 aromatic carbocycles. The number of amides is 1. The van der Waals surface area contributed by atoms with Gasteiger partial charge in [0.15, 0.2) is 18.1 Å². The zero-order valence-corrected chi connectivity index (χ0v) is 16.1. The summed E-state index contributed by atoms with van der Waals surface area (Å²) in [7, 11) is 1.56. The molecule has 0 fully saturated rings. The lowest BCUT2D eigenvalue weighted by atomic mass is 10.2. The highest BCUT2D eigenvalue weighted by Crippen LogP contribution is 2.39. The summed E-state index contributed by atoms with van der Waals surface area (Å²) in [6.07, 6.45) is 0. The second-order valence-corrected chi connectivity index (χ2v) is 6.47. The van der Waals surface area contributed by atoms with Crippen molar-refractivity contribution in [1.82, 2.24) is 4.90 Å². The first kappa shape index (κ1) is 20.0. The fraction of sp³-hybridized carbons (Fsp3) is 0.300. The van der Waals surface area contributed by atoms with E-state index in [1.165, 1.54) is 12.1 Å². The molecule has 3 rings (SSSR count). The molecule has 0 N–H and O–H groups in total. The minimum Gasteiger partial charge on any atom is -0.454 e. The third kappa shape index (κ3) is 4.94. The van der Waals surface area contributed by atoms with E-state index >= 15 is 0 Å². The highest BCUT2D eigenvalue weighted by atomic mass is 35.5. The molecule has 1 aliphatic rings. The van der Waals surface area contributed by atoms with E-state index in [0.717, 1.165) is 5.56 Å². The molecule has 28 heavy (non-hydrogen) atoms. The number of carbonyl (C=O) groups is 2. The maximum absolute atomic E-state index is 12.6. The van der Waals surface area contributed by atoms with Gasteiger partial charge in [-0.15, -0.1) is 0 Å². The van der Waals surface area contributed by atoms with Gasteiger partial charge in [0, 0.05) is 20.2 Å². The summed E-state index contributed by atoms with van der Waals surface area (Å²) in [5.74, 6) is -0.222. The SMILES string of the molecule is COCCN(Cc1ccccc1)C(=O)COC(=O)c1cc(Cl)c2c(c1)OCO2. The molecule has 0 radical (unpaired) electrons. The van der Waals surface area contributed by atoms with Gasteiger partial charge in [-0.3, -0.25) is 4.79 Å². The van der Waals surface area contributed by atoms with Gasteiger partial charge in [0.05, 0.1) is 17.2 Å². The van der Waals surface area contributed by atoms with Gasteiger partial charge >= 0.3 is 5.97 Å². The molecule has 1 amide bonds. The normalized spacial score (nSPS) is 11.9. The van der Waals surface area contributed by atoms with Crippen LogP contribution in [-0.2, 0) is 20.8 Å². The summed E-state index contributed by atoms with van der Waals surface area (Å²) >= 11 is 6.08. The fourth-order valence-corrected chi connectivity index (χ4v) is 2.95. The minimum absolute atomic E-state index is 0.0417. The highest BCUT2D eigenvalue weighted by molar-refractivity contribution is 6.32. The first-order valence-corrected chi connectivity index (χ1v) is 9.03. The molecule has 0 unspecified atom stereocenters. The number of hydrogen-bond donors (Lipinski definition) is 0. The van der Waals surface area contributed by atoms with Crippen LogP contribution in [0.25, 0.3) is 0 Å². The monoisotopic (exact) mass is 405 g/mol. The second kappa shape index (κ2) is 9.43. The van der Waals surface area contributed by atoms with Gasteiger partial charge in [0.25, 0.3) is 5.91 Å². The highest BCUT2D eigenvalue weighted by Gasteiger charge is 2.22. The standard InChI is InChI=1S/C20H20ClNO6/c1-25-8-7-22(11-14-5-3-2-4-6-14)18(23)12-26-20(24)15-9-16(21)19-17(10-15)27-13-28-19/h2-6,9-10H,7-8,11-13H2,1H3. The average molecular weight is 406 g/mol. The quantitative estimate of drug-likeness (QED) is 0.629. The van der Waals surface area contributed by atoms with Gasteiger partial charge < -0.3 is 23.8 Å².